The molecule has 4 atom stereocenters. The Morgan fingerprint density at radius 2 is 1.48 bits per heavy atom. The highest BCUT2D eigenvalue weighted by Crippen LogP contribution is 2.58. The second kappa shape index (κ2) is 13.7. The summed E-state index contributed by atoms with van der Waals surface area (Å²) in [7, 11) is -5.83. The molecule has 3 nitrogen and oxygen atoms in total. The lowest BCUT2D eigenvalue weighted by molar-refractivity contribution is -0.123. The Morgan fingerprint density at radius 1 is 0.913 bits per heavy atom. The maximum atomic E-state index is 14.4. The van der Waals surface area contributed by atoms with Crippen LogP contribution in [0, 0.1) is 22.7 Å². The van der Waals surface area contributed by atoms with Gasteiger partial charge in [-0.1, -0.05) is 129 Å². The molecule has 1 saturated carbocycles. The van der Waals surface area contributed by atoms with Gasteiger partial charge in [-0.25, -0.2) is 0 Å². The average molecular weight is 683 g/mol. The summed E-state index contributed by atoms with van der Waals surface area (Å²) in [5, 5.41) is 3.27. The predicted molar refractivity (Wildman–Crippen MR) is 208 cm³/mol. The highest BCUT2D eigenvalue weighted by Gasteiger charge is 2.54. The van der Waals surface area contributed by atoms with E-state index < -0.39 is 30.1 Å². The molecular weight excluding hydrogens is 613 g/mol. The van der Waals surface area contributed by atoms with Crippen LogP contribution in [0.3, 0.4) is 0 Å². The zero-order chi connectivity index (χ0) is 35.1. The number of carbonyl (C=O) groups is 1. The van der Waals surface area contributed by atoms with Gasteiger partial charge < -0.3 is 8.85 Å². The van der Waals surface area contributed by atoms with Crippen molar-refractivity contribution in [2.75, 3.05) is 6.61 Å². The van der Waals surface area contributed by atoms with Gasteiger partial charge in [0.05, 0.1) is 6.10 Å². The van der Waals surface area contributed by atoms with Crippen LogP contribution in [-0.2, 0) is 13.6 Å². The van der Waals surface area contributed by atoms with E-state index in [4.69, 9.17) is 8.85 Å². The van der Waals surface area contributed by atoms with E-state index in [1.807, 2.05) is 0 Å². The summed E-state index contributed by atoms with van der Waals surface area (Å²) in [6.45, 7) is 38.4. The van der Waals surface area contributed by atoms with E-state index in [2.05, 4.69) is 151 Å². The van der Waals surface area contributed by atoms with Crippen LogP contribution < -0.4 is 5.19 Å². The van der Waals surface area contributed by atoms with Crippen molar-refractivity contribution in [2.24, 2.45) is 22.7 Å². The molecule has 0 saturated heterocycles. The molecular formula is C40H70O3Si3. The van der Waals surface area contributed by atoms with E-state index in [0.29, 0.717) is 17.6 Å². The van der Waals surface area contributed by atoms with Gasteiger partial charge in [-0.15, -0.1) is 0 Å². The minimum Gasteiger partial charge on any atom is -0.417 e. The lowest BCUT2D eigenvalue weighted by atomic mass is 9.68. The number of allylic oxidation sites excluding steroid dienone is 2. The molecule has 0 heterocycles. The SMILES string of the molecule is CC(C)[C@H]1C[C@H](O[Si](C)(C)C(C)(C)C)C2=CC(=O)[C@@](C)(C/C=C(\CCO[Si](C)(C)C(C)(C)C)[Si](C)(C)c3ccccc3)CC[C@@]21C. The first-order valence-corrected chi connectivity index (χ1v) is 26.9. The molecule has 0 radical (unpaired) electrons. The van der Waals surface area contributed by atoms with Crippen LogP contribution in [0.2, 0.25) is 49.4 Å². The quantitative estimate of drug-likeness (QED) is 0.218. The van der Waals surface area contributed by atoms with Crippen molar-refractivity contribution in [1.82, 2.24) is 0 Å². The second-order valence-corrected chi connectivity index (χ2v) is 33.2. The molecule has 2 aliphatic carbocycles. The largest absolute Gasteiger partial charge is 0.417 e. The second-order valence-electron chi connectivity index (χ2n) is 19.2. The molecule has 260 valence electrons. The standard InChI is InChI=1S/C40H70O3Si3/c1-30(2)33-28-35(43-46(15,16)38(6,7)8)34-29-36(41)39(9,25-26-40(33,34)10)24-22-32(23-27-42-45(13,14)37(3,4)5)44(11,12)31-20-18-17-19-21-31/h17-22,29-30,33,35H,23-28H2,1-16H3/b32-22+/t33-,35+,39+,40-/m1/s1. The minimum atomic E-state index is -2.01. The molecule has 1 fully saturated rings. The fourth-order valence-electron chi connectivity index (χ4n) is 7.31. The van der Waals surface area contributed by atoms with Crippen molar-refractivity contribution < 1.29 is 13.6 Å². The number of fused-ring (bicyclic) bond motifs is 1. The van der Waals surface area contributed by atoms with Gasteiger partial charge in [-0.05, 0) is 97.3 Å². The maximum absolute atomic E-state index is 14.4. The lowest BCUT2D eigenvalue weighted by Gasteiger charge is -2.39. The molecule has 6 heteroatoms. The molecule has 0 aliphatic heterocycles. The summed E-state index contributed by atoms with van der Waals surface area (Å²) in [5.41, 5.74) is 0.863. The molecule has 0 N–H and O–H groups in total. The summed E-state index contributed by atoms with van der Waals surface area (Å²) >= 11 is 0. The fourth-order valence-corrected chi connectivity index (χ4v) is 12.4. The van der Waals surface area contributed by atoms with Crippen molar-refractivity contribution in [3.8, 4) is 0 Å². The molecule has 0 unspecified atom stereocenters. The number of hydrogen-bond donors (Lipinski definition) is 0. The van der Waals surface area contributed by atoms with Gasteiger partial charge in [0, 0.05) is 12.0 Å². The third-order valence-electron chi connectivity index (χ3n) is 13.2. The molecule has 46 heavy (non-hydrogen) atoms. The first-order valence-electron chi connectivity index (χ1n) is 18.1. The van der Waals surface area contributed by atoms with E-state index in [9.17, 15) is 4.79 Å². The zero-order valence-corrected chi connectivity index (χ0v) is 35.7. The van der Waals surface area contributed by atoms with Gasteiger partial charge in [0.2, 0.25) is 0 Å². The van der Waals surface area contributed by atoms with E-state index in [1.165, 1.54) is 16.0 Å². The molecule has 0 spiro atoms. The van der Waals surface area contributed by atoms with E-state index in [-0.39, 0.29) is 21.6 Å². The number of hydrogen-bond acceptors (Lipinski definition) is 3. The Labute approximate surface area is 287 Å². The molecule has 0 amide bonds. The van der Waals surface area contributed by atoms with Crippen molar-refractivity contribution >= 4 is 35.7 Å². The van der Waals surface area contributed by atoms with E-state index in [0.717, 1.165) is 38.7 Å². The van der Waals surface area contributed by atoms with Crippen LogP contribution in [-0.4, -0.2) is 43.2 Å². The van der Waals surface area contributed by atoms with Gasteiger partial charge >= 0.3 is 0 Å². The number of benzene rings is 1. The Hall–Kier alpha value is -1.06. The van der Waals surface area contributed by atoms with Gasteiger partial charge in [0.25, 0.3) is 0 Å². The summed E-state index contributed by atoms with van der Waals surface area (Å²) in [5.74, 6) is 1.37. The molecule has 2 aliphatic rings. The van der Waals surface area contributed by atoms with Gasteiger partial charge in [0.15, 0.2) is 22.4 Å². The smallest absolute Gasteiger partial charge is 0.192 e. The minimum absolute atomic E-state index is 0.00374. The van der Waals surface area contributed by atoms with E-state index in [1.54, 1.807) is 0 Å². The molecule has 1 aromatic carbocycles. The maximum Gasteiger partial charge on any atom is 0.192 e. The van der Waals surface area contributed by atoms with Crippen LogP contribution in [0.4, 0.5) is 0 Å². The van der Waals surface area contributed by atoms with Crippen molar-refractivity contribution in [3.05, 3.63) is 53.3 Å². The third-order valence-corrected chi connectivity index (χ3v) is 26.0. The average Bonchev–Trinajstić information content (AvgIpc) is 3.13. The Morgan fingerprint density at radius 3 is 2.00 bits per heavy atom. The number of carbonyl (C=O) groups excluding carboxylic acids is 1. The van der Waals surface area contributed by atoms with Gasteiger partial charge in [-0.2, -0.15) is 0 Å². The predicted octanol–water partition coefficient (Wildman–Crippen LogP) is 11.2. The van der Waals surface area contributed by atoms with Crippen molar-refractivity contribution in [3.63, 3.8) is 0 Å². The van der Waals surface area contributed by atoms with Gasteiger partial charge in [0.1, 0.15) is 8.07 Å². The number of rotatable bonds is 11. The summed E-state index contributed by atoms with van der Waals surface area (Å²) < 4.78 is 13.9. The van der Waals surface area contributed by atoms with Crippen molar-refractivity contribution in [2.45, 2.75) is 157 Å². The molecule has 3 rings (SSSR count). The summed E-state index contributed by atoms with van der Waals surface area (Å²) in [6, 6.07) is 11.1. The number of ketones is 1. The third kappa shape index (κ3) is 8.21. The lowest BCUT2D eigenvalue weighted by Crippen LogP contribution is -2.45. The Balaban J connectivity index is 1.99. The van der Waals surface area contributed by atoms with Crippen LogP contribution >= 0.6 is 0 Å². The Bertz CT molecular complexity index is 1280. The van der Waals surface area contributed by atoms with E-state index >= 15 is 0 Å². The molecule has 0 aromatic heterocycles. The van der Waals surface area contributed by atoms with Gasteiger partial charge in [-0.3, -0.25) is 4.79 Å². The summed E-state index contributed by atoms with van der Waals surface area (Å²) in [4.78, 5) is 14.4. The Kier molecular flexibility index (Phi) is 11.7. The first kappa shape index (κ1) is 39.4. The monoisotopic (exact) mass is 682 g/mol. The topological polar surface area (TPSA) is 35.5 Å². The van der Waals surface area contributed by atoms with Crippen LogP contribution in [0.25, 0.3) is 0 Å². The first-order chi connectivity index (χ1) is 20.8. The highest BCUT2D eigenvalue weighted by molar-refractivity contribution is 6.95. The molecule has 0 bridgehead atoms. The van der Waals surface area contributed by atoms with Crippen LogP contribution in [0.5, 0.6) is 0 Å². The fraction of sp³-hybridized carbons (Fsp3) is 0.725. The van der Waals surface area contributed by atoms with Crippen molar-refractivity contribution in [1.29, 1.82) is 0 Å². The summed E-state index contributed by atoms with van der Waals surface area (Å²) in [6.07, 6.45) is 9.32. The normalized spacial score (nSPS) is 27.1. The van der Waals surface area contributed by atoms with Crippen LogP contribution in [0.15, 0.2) is 53.3 Å². The highest BCUT2D eigenvalue weighted by atomic mass is 28.4. The zero-order valence-electron chi connectivity index (χ0n) is 32.7. The van der Waals surface area contributed by atoms with Crippen LogP contribution in [0.1, 0.15) is 101 Å². The molecule has 1 aromatic rings.